The van der Waals surface area contributed by atoms with Crippen LogP contribution < -0.4 is 0 Å². The highest BCUT2D eigenvalue weighted by molar-refractivity contribution is 6.36. The second kappa shape index (κ2) is 9.63. The first-order chi connectivity index (χ1) is 19.3. The molecule has 40 heavy (non-hydrogen) atoms. The van der Waals surface area contributed by atoms with E-state index in [1.54, 1.807) is 0 Å². The molecule has 2 fully saturated rings. The molecule has 3 aromatic heterocycles. The SMILES string of the molecule is C=CC(=O)N1CC2(CC(n3nc(-c4ccc5c(cnn5C)c4)c(-c4c(Cl)c(C)cc5[nH]ncc45)c3C)C2)C1.CC. The van der Waals surface area contributed by atoms with Gasteiger partial charge < -0.3 is 4.90 Å². The quantitative estimate of drug-likeness (QED) is 0.252. The minimum atomic E-state index is 0.0166. The molecule has 206 valence electrons. The molecule has 0 bridgehead atoms. The van der Waals surface area contributed by atoms with Gasteiger partial charge in [-0.25, -0.2) is 0 Å². The summed E-state index contributed by atoms with van der Waals surface area (Å²) in [5.74, 6) is 0.0166. The van der Waals surface area contributed by atoms with Gasteiger partial charge in [-0.3, -0.25) is 19.3 Å². The Balaban J connectivity index is 0.00000142. The molecule has 1 spiro atoms. The molecule has 4 heterocycles. The maximum atomic E-state index is 12.0. The lowest BCUT2D eigenvalue weighted by molar-refractivity contribution is -0.149. The van der Waals surface area contributed by atoms with Crippen LogP contribution in [0.3, 0.4) is 0 Å². The van der Waals surface area contributed by atoms with E-state index in [9.17, 15) is 4.79 Å². The number of nitrogens with one attached hydrogen (secondary N) is 1. The number of nitrogens with zero attached hydrogens (tertiary/aromatic N) is 6. The molecule has 1 saturated carbocycles. The van der Waals surface area contributed by atoms with Crippen molar-refractivity contribution < 1.29 is 4.79 Å². The first-order valence-corrected chi connectivity index (χ1v) is 14.2. The van der Waals surface area contributed by atoms with Crippen molar-refractivity contribution in [1.82, 2.24) is 34.7 Å². The number of hydrogen-bond acceptors (Lipinski definition) is 4. The number of aryl methyl sites for hydroxylation is 2. The number of H-pyrrole nitrogens is 1. The van der Waals surface area contributed by atoms with E-state index >= 15 is 0 Å². The summed E-state index contributed by atoms with van der Waals surface area (Å²) in [6.07, 6.45) is 7.14. The van der Waals surface area contributed by atoms with Gasteiger partial charge in [0.25, 0.3) is 0 Å². The summed E-state index contributed by atoms with van der Waals surface area (Å²) in [6.45, 7) is 13.4. The normalized spacial score (nSPS) is 16.1. The van der Waals surface area contributed by atoms with E-state index in [-0.39, 0.29) is 17.4 Å². The van der Waals surface area contributed by atoms with Gasteiger partial charge >= 0.3 is 0 Å². The lowest BCUT2D eigenvalue weighted by Crippen LogP contribution is -2.63. The lowest BCUT2D eigenvalue weighted by atomic mass is 9.60. The minimum Gasteiger partial charge on any atom is -0.338 e. The number of aromatic amines is 1. The van der Waals surface area contributed by atoms with E-state index in [1.165, 1.54) is 6.08 Å². The third-order valence-corrected chi connectivity index (χ3v) is 8.99. The predicted octanol–water partition coefficient (Wildman–Crippen LogP) is 6.63. The highest BCUT2D eigenvalue weighted by Crippen LogP contribution is 2.55. The van der Waals surface area contributed by atoms with Crippen LogP contribution in [0.2, 0.25) is 5.02 Å². The van der Waals surface area contributed by atoms with Crippen molar-refractivity contribution in [2.24, 2.45) is 12.5 Å². The Labute approximate surface area is 238 Å². The number of aromatic nitrogens is 6. The van der Waals surface area contributed by atoms with Gasteiger partial charge in [0.1, 0.15) is 5.69 Å². The predicted molar refractivity (Wildman–Crippen MR) is 160 cm³/mol. The van der Waals surface area contributed by atoms with E-state index in [0.29, 0.717) is 5.02 Å². The Kier molecular flexibility index (Phi) is 6.33. The average Bonchev–Trinajstić information content (AvgIpc) is 3.62. The summed E-state index contributed by atoms with van der Waals surface area (Å²) in [5, 5.41) is 19.9. The van der Waals surface area contributed by atoms with E-state index in [0.717, 1.165) is 81.4 Å². The molecule has 1 saturated heterocycles. The number of halogens is 1. The second-order valence-electron chi connectivity index (χ2n) is 11.0. The molecule has 9 heteroatoms. The van der Waals surface area contributed by atoms with E-state index in [2.05, 4.69) is 51.7 Å². The van der Waals surface area contributed by atoms with Crippen molar-refractivity contribution in [2.45, 2.75) is 46.6 Å². The number of rotatable bonds is 4. The van der Waals surface area contributed by atoms with Crippen molar-refractivity contribution in [3.8, 4) is 22.4 Å². The van der Waals surface area contributed by atoms with Crippen molar-refractivity contribution in [2.75, 3.05) is 13.1 Å². The second-order valence-corrected chi connectivity index (χ2v) is 11.3. The first kappa shape index (κ1) is 26.3. The summed E-state index contributed by atoms with van der Waals surface area (Å²) < 4.78 is 4.06. The minimum absolute atomic E-state index is 0.0166. The number of likely N-dealkylation sites (tertiary alicyclic amines) is 1. The molecule has 0 unspecified atom stereocenters. The number of benzene rings is 2. The van der Waals surface area contributed by atoms with Gasteiger partial charge in [0.15, 0.2) is 0 Å². The van der Waals surface area contributed by atoms with Gasteiger partial charge in [0.2, 0.25) is 5.91 Å². The molecular formula is C31H34ClN7O. The van der Waals surface area contributed by atoms with Gasteiger partial charge in [-0.05, 0) is 56.5 Å². The standard InChI is InChI=1S/C29H28ClN7O.C2H6/c1-5-24(38)36-14-29(15-36)10-20(11-29)37-17(3)25(26-21-13-31-33-22(21)8-16(2)27(26)30)28(34-37)18-6-7-23-19(9-18)12-32-35(23)4;1-2/h5-9,12-13,20H,1,10-11,14-15H2,2-4H3,(H,31,33);1-2H3. The fraction of sp³-hybridized carbons (Fsp3) is 0.355. The van der Waals surface area contributed by atoms with Crippen molar-refractivity contribution in [3.05, 3.63) is 65.6 Å². The van der Waals surface area contributed by atoms with Gasteiger partial charge in [-0.1, -0.05) is 38.1 Å². The highest BCUT2D eigenvalue weighted by atomic mass is 35.5. The van der Waals surface area contributed by atoms with Crippen LogP contribution in [0.5, 0.6) is 0 Å². The van der Waals surface area contributed by atoms with Crippen LogP contribution in [-0.2, 0) is 11.8 Å². The summed E-state index contributed by atoms with van der Waals surface area (Å²) in [7, 11) is 1.95. The third kappa shape index (κ3) is 3.88. The lowest BCUT2D eigenvalue weighted by Gasteiger charge is -2.58. The number of carbonyl (C=O) groups excluding carboxylic acids is 1. The topological polar surface area (TPSA) is 84.6 Å². The molecule has 1 aliphatic heterocycles. The van der Waals surface area contributed by atoms with Gasteiger partial charge in [-0.2, -0.15) is 15.3 Å². The first-order valence-electron chi connectivity index (χ1n) is 13.8. The van der Waals surface area contributed by atoms with Gasteiger partial charge in [0, 0.05) is 58.7 Å². The molecule has 1 N–H and O–H groups in total. The van der Waals surface area contributed by atoms with Crippen LogP contribution in [0.15, 0.2) is 49.3 Å². The summed E-state index contributed by atoms with van der Waals surface area (Å²) in [6, 6.07) is 8.68. The molecule has 5 aromatic rings. The molecule has 1 aliphatic carbocycles. The Bertz CT molecular complexity index is 1780. The molecule has 2 aromatic carbocycles. The molecule has 7 rings (SSSR count). The molecular weight excluding hydrogens is 522 g/mol. The number of amides is 1. The molecule has 2 aliphatic rings. The summed E-state index contributed by atoms with van der Waals surface area (Å²) in [5.41, 5.74) is 8.21. The monoisotopic (exact) mass is 555 g/mol. The molecule has 0 atom stereocenters. The van der Waals surface area contributed by atoms with E-state index in [1.807, 2.05) is 55.9 Å². The van der Waals surface area contributed by atoms with Gasteiger partial charge in [-0.15, -0.1) is 0 Å². The van der Waals surface area contributed by atoms with Crippen molar-refractivity contribution >= 4 is 39.3 Å². The van der Waals surface area contributed by atoms with Crippen LogP contribution in [-0.4, -0.2) is 53.7 Å². The number of fused-ring (bicyclic) bond motifs is 2. The van der Waals surface area contributed by atoms with Crippen LogP contribution in [0.25, 0.3) is 44.2 Å². The zero-order valence-electron chi connectivity index (χ0n) is 23.6. The Morgan fingerprint density at radius 3 is 2.62 bits per heavy atom. The summed E-state index contributed by atoms with van der Waals surface area (Å²) >= 11 is 7.03. The van der Waals surface area contributed by atoms with Crippen LogP contribution in [0.1, 0.15) is 44.0 Å². The Morgan fingerprint density at radius 2 is 1.90 bits per heavy atom. The Hall–Kier alpha value is -3.91. The maximum Gasteiger partial charge on any atom is 0.245 e. The average molecular weight is 556 g/mol. The fourth-order valence-electron chi connectivity index (χ4n) is 6.55. The molecule has 8 nitrogen and oxygen atoms in total. The summed E-state index contributed by atoms with van der Waals surface area (Å²) in [4.78, 5) is 13.9. The van der Waals surface area contributed by atoms with E-state index in [4.69, 9.17) is 16.7 Å². The molecule has 1 amide bonds. The number of carbonyl (C=O) groups is 1. The zero-order chi connectivity index (χ0) is 28.3. The fourth-order valence-corrected chi connectivity index (χ4v) is 6.80. The maximum absolute atomic E-state index is 12.0. The number of hydrogen-bond donors (Lipinski definition) is 1. The smallest absolute Gasteiger partial charge is 0.245 e. The highest BCUT2D eigenvalue weighted by Gasteiger charge is 2.54. The zero-order valence-corrected chi connectivity index (χ0v) is 24.4. The van der Waals surface area contributed by atoms with E-state index < -0.39 is 0 Å². The largest absolute Gasteiger partial charge is 0.338 e. The van der Waals surface area contributed by atoms with Crippen LogP contribution in [0, 0.1) is 19.3 Å². The Morgan fingerprint density at radius 1 is 1.15 bits per heavy atom. The van der Waals surface area contributed by atoms with Crippen LogP contribution >= 0.6 is 11.6 Å². The third-order valence-electron chi connectivity index (χ3n) is 8.51. The van der Waals surface area contributed by atoms with Crippen molar-refractivity contribution in [1.29, 1.82) is 0 Å². The van der Waals surface area contributed by atoms with Gasteiger partial charge in [0.05, 0.1) is 34.5 Å². The molecule has 0 radical (unpaired) electrons. The van der Waals surface area contributed by atoms with Crippen LogP contribution in [0.4, 0.5) is 0 Å². The van der Waals surface area contributed by atoms with Crippen molar-refractivity contribution in [3.63, 3.8) is 0 Å².